The van der Waals surface area contributed by atoms with Gasteiger partial charge < -0.3 is 9.47 Å². The van der Waals surface area contributed by atoms with Crippen LogP contribution in [0.1, 0.15) is 51.5 Å². The number of esters is 2. The molecule has 0 bridgehead atoms. The quantitative estimate of drug-likeness (QED) is 0.352. The van der Waals surface area contributed by atoms with Crippen LogP contribution in [0.3, 0.4) is 0 Å². The molecule has 0 saturated carbocycles. The summed E-state index contributed by atoms with van der Waals surface area (Å²) in [5.41, 5.74) is 1.35. The van der Waals surface area contributed by atoms with E-state index in [-0.39, 0.29) is 13.2 Å². The number of ether oxygens (including phenoxy) is 2. The molecule has 0 heterocycles. The van der Waals surface area contributed by atoms with Crippen molar-refractivity contribution in [2.45, 2.75) is 52.4 Å². The van der Waals surface area contributed by atoms with E-state index in [1.807, 2.05) is 6.07 Å². The predicted octanol–water partition coefficient (Wildman–Crippen LogP) is 3.92. The van der Waals surface area contributed by atoms with Gasteiger partial charge in [0.1, 0.15) is 0 Å². The fourth-order valence-electron chi connectivity index (χ4n) is 2.49. The number of hydrogen-bond acceptors (Lipinski definition) is 4. The minimum Gasteiger partial charge on any atom is -0.465 e. The van der Waals surface area contributed by atoms with Gasteiger partial charge in [0.05, 0.1) is 13.2 Å². The van der Waals surface area contributed by atoms with Crippen molar-refractivity contribution in [2.75, 3.05) is 13.2 Å². The molecule has 0 unspecified atom stereocenters. The molecule has 1 rings (SSSR count). The van der Waals surface area contributed by atoms with E-state index in [1.165, 1.54) is 5.56 Å². The smallest absolute Gasteiger partial charge is 0.320 e. The van der Waals surface area contributed by atoms with E-state index >= 15 is 0 Å². The van der Waals surface area contributed by atoms with Crippen molar-refractivity contribution in [3.63, 3.8) is 0 Å². The SMILES string of the molecule is CCOC(=O)C(CCCCCCc1ccccc1)C(=O)OCC. The topological polar surface area (TPSA) is 52.6 Å². The van der Waals surface area contributed by atoms with Crippen LogP contribution in [0.15, 0.2) is 30.3 Å². The van der Waals surface area contributed by atoms with Gasteiger partial charge in [-0.05, 0) is 38.7 Å². The van der Waals surface area contributed by atoms with Crippen LogP contribution in [0.4, 0.5) is 0 Å². The first kappa shape index (κ1) is 19.2. The highest BCUT2D eigenvalue weighted by atomic mass is 16.6. The molecule has 128 valence electrons. The highest BCUT2D eigenvalue weighted by molar-refractivity contribution is 5.94. The maximum Gasteiger partial charge on any atom is 0.320 e. The Morgan fingerprint density at radius 1 is 0.870 bits per heavy atom. The zero-order valence-electron chi connectivity index (χ0n) is 14.3. The fourth-order valence-corrected chi connectivity index (χ4v) is 2.49. The molecule has 1 aromatic rings. The molecule has 0 aliphatic carbocycles. The number of aryl methyl sites for hydroxylation is 1. The summed E-state index contributed by atoms with van der Waals surface area (Å²) in [6.45, 7) is 4.05. The van der Waals surface area contributed by atoms with Crippen LogP contribution in [0.5, 0.6) is 0 Å². The number of carbonyl (C=O) groups excluding carboxylic acids is 2. The monoisotopic (exact) mass is 320 g/mol. The summed E-state index contributed by atoms with van der Waals surface area (Å²) in [4.78, 5) is 23.7. The van der Waals surface area contributed by atoms with Crippen molar-refractivity contribution in [1.82, 2.24) is 0 Å². The van der Waals surface area contributed by atoms with Crippen LogP contribution in [-0.4, -0.2) is 25.2 Å². The molecule has 0 saturated heterocycles. The number of hydrogen-bond donors (Lipinski definition) is 0. The third-order valence-corrected chi connectivity index (χ3v) is 3.69. The standard InChI is InChI=1S/C19H28O4/c1-3-22-18(20)17(19(21)23-4-2)15-11-6-5-8-12-16-13-9-7-10-14-16/h7,9-10,13-14,17H,3-6,8,11-12,15H2,1-2H3. The zero-order chi connectivity index (χ0) is 16.9. The second-order valence-electron chi connectivity index (χ2n) is 5.50. The van der Waals surface area contributed by atoms with Gasteiger partial charge in [-0.3, -0.25) is 9.59 Å². The highest BCUT2D eigenvalue weighted by Crippen LogP contribution is 2.16. The van der Waals surface area contributed by atoms with Crippen molar-refractivity contribution < 1.29 is 19.1 Å². The summed E-state index contributed by atoms with van der Waals surface area (Å²) in [6.07, 6.45) is 5.61. The Balaban J connectivity index is 2.26. The van der Waals surface area contributed by atoms with E-state index in [4.69, 9.17) is 9.47 Å². The Bertz CT molecular complexity index is 438. The summed E-state index contributed by atoms with van der Waals surface area (Å²) in [5, 5.41) is 0. The number of benzene rings is 1. The molecule has 0 aromatic heterocycles. The molecular formula is C19H28O4. The summed E-state index contributed by atoms with van der Waals surface area (Å²) in [6, 6.07) is 10.4. The first-order valence-electron chi connectivity index (χ1n) is 8.56. The predicted molar refractivity (Wildman–Crippen MR) is 90.0 cm³/mol. The highest BCUT2D eigenvalue weighted by Gasteiger charge is 2.28. The Morgan fingerprint density at radius 3 is 2.00 bits per heavy atom. The third-order valence-electron chi connectivity index (χ3n) is 3.69. The van der Waals surface area contributed by atoms with Gasteiger partial charge >= 0.3 is 11.9 Å². The van der Waals surface area contributed by atoms with Crippen LogP contribution >= 0.6 is 0 Å². The molecule has 0 radical (unpaired) electrons. The second-order valence-corrected chi connectivity index (χ2v) is 5.50. The number of carbonyl (C=O) groups is 2. The average molecular weight is 320 g/mol. The van der Waals surface area contributed by atoms with Gasteiger partial charge in [-0.25, -0.2) is 0 Å². The summed E-state index contributed by atoms with van der Waals surface area (Å²) >= 11 is 0. The minimum absolute atomic E-state index is 0.284. The molecule has 1 aromatic carbocycles. The van der Waals surface area contributed by atoms with Gasteiger partial charge in [-0.2, -0.15) is 0 Å². The normalized spacial score (nSPS) is 10.6. The fraction of sp³-hybridized carbons (Fsp3) is 0.579. The lowest BCUT2D eigenvalue weighted by molar-refractivity contribution is -0.161. The Labute approximate surface area is 139 Å². The molecule has 0 spiro atoms. The van der Waals surface area contributed by atoms with Crippen molar-refractivity contribution in [1.29, 1.82) is 0 Å². The lowest BCUT2D eigenvalue weighted by Gasteiger charge is -2.14. The summed E-state index contributed by atoms with van der Waals surface area (Å²) < 4.78 is 9.94. The average Bonchev–Trinajstić information content (AvgIpc) is 2.55. The zero-order valence-corrected chi connectivity index (χ0v) is 14.3. The minimum atomic E-state index is -0.774. The van der Waals surface area contributed by atoms with Gasteiger partial charge in [0, 0.05) is 0 Å². The summed E-state index contributed by atoms with van der Waals surface area (Å²) in [7, 11) is 0. The van der Waals surface area contributed by atoms with Gasteiger partial charge in [0.15, 0.2) is 5.92 Å². The summed E-state index contributed by atoms with van der Waals surface area (Å²) in [5.74, 6) is -1.70. The van der Waals surface area contributed by atoms with E-state index < -0.39 is 17.9 Å². The van der Waals surface area contributed by atoms with Gasteiger partial charge in [0.25, 0.3) is 0 Å². The molecule has 4 heteroatoms. The lowest BCUT2D eigenvalue weighted by atomic mass is 9.99. The molecule has 0 aliphatic rings. The molecular weight excluding hydrogens is 292 g/mol. The van der Waals surface area contributed by atoms with Crippen LogP contribution in [0.2, 0.25) is 0 Å². The van der Waals surface area contributed by atoms with Crippen molar-refractivity contribution >= 4 is 11.9 Å². The molecule has 4 nitrogen and oxygen atoms in total. The number of unbranched alkanes of at least 4 members (excludes halogenated alkanes) is 3. The molecule has 0 atom stereocenters. The molecule has 23 heavy (non-hydrogen) atoms. The van der Waals surface area contributed by atoms with Gasteiger partial charge in [0.2, 0.25) is 0 Å². The molecule has 0 N–H and O–H groups in total. The maximum absolute atomic E-state index is 11.8. The Kier molecular flexibility index (Phi) is 9.76. The number of rotatable bonds is 11. The van der Waals surface area contributed by atoms with Crippen molar-refractivity contribution in [3.05, 3.63) is 35.9 Å². The third kappa shape index (κ3) is 7.82. The van der Waals surface area contributed by atoms with Crippen LogP contribution in [-0.2, 0) is 25.5 Å². The first-order chi connectivity index (χ1) is 11.2. The van der Waals surface area contributed by atoms with Crippen molar-refractivity contribution in [2.24, 2.45) is 5.92 Å². The molecule has 0 amide bonds. The van der Waals surface area contributed by atoms with Gasteiger partial charge in [-0.1, -0.05) is 49.6 Å². The Hall–Kier alpha value is -1.84. The van der Waals surface area contributed by atoms with E-state index in [2.05, 4.69) is 24.3 Å². The van der Waals surface area contributed by atoms with Crippen molar-refractivity contribution in [3.8, 4) is 0 Å². The molecule has 0 aliphatic heterocycles. The van der Waals surface area contributed by atoms with E-state index in [0.717, 1.165) is 32.1 Å². The Morgan fingerprint density at radius 2 is 1.43 bits per heavy atom. The van der Waals surface area contributed by atoms with Crippen LogP contribution < -0.4 is 0 Å². The van der Waals surface area contributed by atoms with Crippen LogP contribution in [0.25, 0.3) is 0 Å². The lowest BCUT2D eigenvalue weighted by Crippen LogP contribution is -2.28. The van der Waals surface area contributed by atoms with E-state index in [0.29, 0.717) is 6.42 Å². The first-order valence-corrected chi connectivity index (χ1v) is 8.56. The second kappa shape index (κ2) is 11.7. The van der Waals surface area contributed by atoms with Gasteiger partial charge in [-0.15, -0.1) is 0 Å². The molecule has 0 fully saturated rings. The largest absolute Gasteiger partial charge is 0.465 e. The van der Waals surface area contributed by atoms with Crippen LogP contribution in [0, 0.1) is 5.92 Å². The van der Waals surface area contributed by atoms with E-state index in [9.17, 15) is 9.59 Å². The van der Waals surface area contributed by atoms with E-state index in [1.54, 1.807) is 13.8 Å². The maximum atomic E-state index is 11.8.